The largest absolute Gasteiger partial charge is 2.00 e. The molecule has 0 aliphatic carbocycles. The van der Waals surface area contributed by atoms with Crippen LogP contribution in [0.3, 0.4) is 0 Å². The second kappa shape index (κ2) is 11.0. The molecule has 1 saturated heterocycles. The number of rotatable bonds is 2. The zero-order valence-electron chi connectivity index (χ0n) is 9.05. The van der Waals surface area contributed by atoms with E-state index >= 15 is 0 Å². The molecule has 3 heteroatoms. The van der Waals surface area contributed by atoms with Crippen LogP contribution < -0.4 is 0 Å². The minimum absolute atomic E-state index is 0. The Kier molecular flexibility index (Phi) is 13.9. The predicted octanol–water partition coefficient (Wildman–Crippen LogP) is 1.30. The van der Waals surface area contributed by atoms with Crippen LogP contribution in [0.5, 0.6) is 0 Å². The third-order valence-electron chi connectivity index (χ3n) is 2.09. The fourth-order valence-corrected chi connectivity index (χ4v) is 0.987. The van der Waals surface area contributed by atoms with Gasteiger partial charge in [-0.05, 0) is 40.0 Å². The first-order chi connectivity index (χ1) is 5.70. The van der Waals surface area contributed by atoms with Gasteiger partial charge in [0.15, 0.2) is 0 Å². The molecule has 1 aliphatic heterocycles. The molecule has 0 aromatic heterocycles. The number of hydrogen-bond acceptors (Lipinski definition) is 2. The summed E-state index contributed by atoms with van der Waals surface area (Å²) in [5.74, 6) is 0. The van der Waals surface area contributed by atoms with E-state index in [1.165, 1.54) is 25.9 Å². The van der Waals surface area contributed by atoms with Gasteiger partial charge in [-0.3, -0.25) is 0 Å². The Labute approximate surface area is 107 Å². The number of nitrogens with zero attached hydrogens (tertiary/aromatic N) is 2. The maximum absolute atomic E-state index is 3.64. The van der Waals surface area contributed by atoms with Crippen LogP contribution in [0.4, 0.5) is 0 Å². The summed E-state index contributed by atoms with van der Waals surface area (Å²) in [5.41, 5.74) is 0. The summed E-state index contributed by atoms with van der Waals surface area (Å²) in [7, 11) is 4.16. The van der Waals surface area contributed by atoms with Crippen LogP contribution in [-0.2, 0) is 0 Å². The van der Waals surface area contributed by atoms with Gasteiger partial charge in [0, 0.05) is 0 Å². The van der Waals surface area contributed by atoms with Crippen molar-refractivity contribution in [1.29, 1.82) is 0 Å². The molecule has 1 rings (SSSR count). The molecule has 0 saturated carbocycles. The summed E-state index contributed by atoms with van der Waals surface area (Å²) in [4.78, 5) is 4.39. The molecule has 0 atom stereocenters. The van der Waals surface area contributed by atoms with E-state index in [2.05, 4.69) is 25.8 Å². The van der Waals surface area contributed by atoms with Gasteiger partial charge < -0.3 is 23.6 Å². The van der Waals surface area contributed by atoms with Gasteiger partial charge in [0.2, 0.25) is 0 Å². The van der Waals surface area contributed by atoms with Crippen LogP contribution in [-0.4, -0.2) is 50.1 Å². The molecule has 1 aliphatic rings. The van der Waals surface area contributed by atoms with Crippen molar-refractivity contribution in [2.75, 3.05) is 40.3 Å². The maximum Gasteiger partial charge on any atom is 2.00 e. The van der Waals surface area contributed by atoms with E-state index in [9.17, 15) is 0 Å². The SMILES string of the molecule is CN1CCCC1.[CH2-]CN(C)C[CH2-].[U+2]. The third kappa shape index (κ3) is 10.9. The number of hydrogen-bond donors (Lipinski definition) is 0. The van der Waals surface area contributed by atoms with E-state index in [1.807, 2.05) is 11.9 Å². The van der Waals surface area contributed by atoms with Crippen molar-refractivity contribution in [3.63, 3.8) is 0 Å². The first-order valence-electron chi connectivity index (χ1n) is 4.66. The van der Waals surface area contributed by atoms with Crippen molar-refractivity contribution in [1.82, 2.24) is 9.80 Å². The maximum atomic E-state index is 3.64. The minimum Gasteiger partial charge on any atom is -0.365 e. The topological polar surface area (TPSA) is 6.48 Å². The fourth-order valence-electron chi connectivity index (χ4n) is 0.987. The van der Waals surface area contributed by atoms with E-state index in [0.29, 0.717) is 0 Å². The van der Waals surface area contributed by atoms with Crippen LogP contribution in [0.15, 0.2) is 0 Å². The molecular weight excluding hydrogens is 386 g/mol. The zero-order valence-corrected chi connectivity index (χ0v) is 13.2. The summed E-state index contributed by atoms with van der Waals surface area (Å²) in [6, 6.07) is 0. The van der Waals surface area contributed by atoms with E-state index in [4.69, 9.17) is 0 Å². The van der Waals surface area contributed by atoms with Crippen molar-refractivity contribution in [2.45, 2.75) is 12.8 Å². The summed E-state index contributed by atoms with van der Waals surface area (Å²) in [6.45, 7) is 11.6. The number of likely N-dealkylation sites (tertiary alicyclic amines) is 1. The van der Waals surface area contributed by atoms with Crippen molar-refractivity contribution in [2.24, 2.45) is 0 Å². The summed E-state index contributed by atoms with van der Waals surface area (Å²) < 4.78 is 0. The molecule has 2 nitrogen and oxygen atoms in total. The monoisotopic (exact) mass is 408 g/mol. The summed E-state index contributed by atoms with van der Waals surface area (Å²) in [5, 5.41) is 0. The molecule has 0 aromatic rings. The van der Waals surface area contributed by atoms with E-state index in [1.54, 1.807) is 0 Å². The van der Waals surface area contributed by atoms with Gasteiger partial charge >= 0.3 is 31.1 Å². The zero-order chi connectivity index (χ0) is 9.40. The van der Waals surface area contributed by atoms with Gasteiger partial charge in [-0.1, -0.05) is 0 Å². The van der Waals surface area contributed by atoms with Crippen LogP contribution in [0.2, 0.25) is 0 Å². The molecule has 0 spiro atoms. The molecule has 0 amide bonds. The Morgan fingerprint density at radius 1 is 1.15 bits per heavy atom. The summed E-state index contributed by atoms with van der Waals surface area (Å²) >= 11 is 0. The standard InChI is InChI=1S/2C5H11N.U/c1-6-4-2-3-5-6;1-4-6(3)5-2;/h2-5H2,1H3;1-2,4-5H2,3H3;/q;-2;+2. The Bertz CT molecular complexity index is 88.9. The van der Waals surface area contributed by atoms with Crippen molar-refractivity contribution in [3.8, 4) is 0 Å². The van der Waals surface area contributed by atoms with Crippen LogP contribution in [0, 0.1) is 45.0 Å². The van der Waals surface area contributed by atoms with E-state index in [0.717, 1.165) is 13.1 Å². The Hall–Kier alpha value is 0.972. The first kappa shape index (κ1) is 16.4. The molecule has 0 unspecified atom stereocenters. The molecule has 1 fully saturated rings. The average Bonchev–Trinajstić information content (AvgIpc) is 2.55. The Balaban J connectivity index is 0. The fraction of sp³-hybridized carbons (Fsp3) is 0.800. The quantitative estimate of drug-likeness (QED) is 0.636. The van der Waals surface area contributed by atoms with Crippen molar-refractivity contribution < 1.29 is 31.1 Å². The molecule has 13 heavy (non-hydrogen) atoms. The van der Waals surface area contributed by atoms with Gasteiger partial charge in [-0.15, -0.1) is 13.1 Å². The van der Waals surface area contributed by atoms with Crippen molar-refractivity contribution in [3.05, 3.63) is 13.8 Å². The minimum atomic E-state index is 0. The van der Waals surface area contributed by atoms with Crippen LogP contribution >= 0.6 is 0 Å². The molecule has 0 radical (unpaired) electrons. The molecule has 0 bridgehead atoms. The van der Waals surface area contributed by atoms with E-state index in [-0.39, 0.29) is 31.1 Å². The van der Waals surface area contributed by atoms with Crippen LogP contribution in [0.1, 0.15) is 12.8 Å². The molecular formula is C10H22N2U. The molecule has 0 N–H and O–H groups in total. The second-order valence-electron chi connectivity index (χ2n) is 3.31. The van der Waals surface area contributed by atoms with E-state index < -0.39 is 0 Å². The van der Waals surface area contributed by atoms with Gasteiger partial charge in [-0.2, -0.15) is 0 Å². The Morgan fingerprint density at radius 3 is 1.62 bits per heavy atom. The third-order valence-corrected chi connectivity index (χ3v) is 2.09. The van der Waals surface area contributed by atoms with Gasteiger partial charge in [0.1, 0.15) is 0 Å². The predicted molar refractivity (Wildman–Crippen MR) is 54.9 cm³/mol. The van der Waals surface area contributed by atoms with Crippen LogP contribution in [0.25, 0.3) is 0 Å². The molecule has 1 heterocycles. The van der Waals surface area contributed by atoms with Gasteiger partial charge in [0.05, 0.1) is 0 Å². The molecule has 76 valence electrons. The Morgan fingerprint density at radius 2 is 1.54 bits per heavy atom. The summed E-state index contributed by atoms with van der Waals surface area (Å²) in [6.07, 6.45) is 2.83. The first-order valence-corrected chi connectivity index (χ1v) is 4.66. The second-order valence-corrected chi connectivity index (χ2v) is 3.31. The smallest absolute Gasteiger partial charge is 0.365 e. The average molecular weight is 408 g/mol. The van der Waals surface area contributed by atoms with Crippen molar-refractivity contribution >= 4 is 0 Å². The normalized spacial score (nSPS) is 16.4. The molecule has 0 aromatic carbocycles. The van der Waals surface area contributed by atoms with Gasteiger partial charge in [-0.25, -0.2) is 0 Å². The van der Waals surface area contributed by atoms with Gasteiger partial charge in [0.25, 0.3) is 0 Å².